The number of alkyl halides is 3. The third kappa shape index (κ3) is 2.87. The molecule has 1 aromatic heterocycles. The second kappa shape index (κ2) is 5.28. The van der Waals surface area contributed by atoms with Gasteiger partial charge in [-0.15, -0.1) is 0 Å². The maximum Gasteiger partial charge on any atom is 0.431 e. The van der Waals surface area contributed by atoms with Gasteiger partial charge in [0.25, 0.3) is 5.56 Å². The maximum atomic E-state index is 13.8. The van der Waals surface area contributed by atoms with Gasteiger partial charge in [0.15, 0.2) is 0 Å². The molecule has 1 N–H and O–H groups in total. The molecule has 2 aromatic rings. The van der Waals surface area contributed by atoms with Gasteiger partial charge in [0, 0.05) is 15.2 Å². The molecule has 0 saturated heterocycles. The van der Waals surface area contributed by atoms with E-state index in [0.717, 1.165) is 0 Å². The molecule has 0 radical (unpaired) electrons. The van der Waals surface area contributed by atoms with Crippen LogP contribution in [0.5, 0.6) is 0 Å². The van der Waals surface area contributed by atoms with Crippen LogP contribution >= 0.6 is 22.6 Å². The van der Waals surface area contributed by atoms with Gasteiger partial charge >= 0.3 is 11.9 Å². The average molecular weight is 414 g/mol. The number of nitrogens with one attached hydrogen (secondary N) is 1. The molecule has 0 unspecified atom stereocenters. The fourth-order valence-corrected chi connectivity index (χ4v) is 2.34. The first kappa shape index (κ1) is 15.7. The van der Waals surface area contributed by atoms with Crippen molar-refractivity contribution in [1.29, 1.82) is 0 Å². The van der Waals surface area contributed by atoms with Crippen molar-refractivity contribution in [3.63, 3.8) is 0 Å². The maximum absolute atomic E-state index is 13.8. The lowest BCUT2D eigenvalue weighted by molar-refractivity contribution is -0.141. The van der Waals surface area contributed by atoms with Crippen LogP contribution in [0.4, 0.5) is 17.6 Å². The minimum Gasteiger partial charge on any atom is -0.303 e. The molecule has 112 valence electrons. The predicted molar refractivity (Wildman–Crippen MR) is 75.1 cm³/mol. The number of hydrogen-bond acceptors (Lipinski definition) is 2. The van der Waals surface area contributed by atoms with Crippen molar-refractivity contribution >= 4 is 22.6 Å². The lowest BCUT2D eigenvalue weighted by atomic mass is 10.2. The number of aromatic amines is 1. The summed E-state index contributed by atoms with van der Waals surface area (Å²) >= 11 is 1.72. The Kier molecular flexibility index (Phi) is 3.95. The lowest BCUT2D eigenvalue weighted by Gasteiger charge is -2.11. The number of halogens is 5. The molecule has 0 aliphatic rings. The number of aromatic nitrogens is 2. The second-order valence-corrected chi connectivity index (χ2v) is 5.33. The van der Waals surface area contributed by atoms with Crippen LogP contribution in [0.15, 0.2) is 27.8 Å². The third-order valence-corrected chi connectivity index (χ3v) is 3.62. The van der Waals surface area contributed by atoms with Crippen molar-refractivity contribution < 1.29 is 17.6 Å². The van der Waals surface area contributed by atoms with Crippen LogP contribution in [0.3, 0.4) is 0 Å². The molecule has 0 spiro atoms. The van der Waals surface area contributed by atoms with Crippen molar-refractivity contribution in [2.24, 2.45) is 0 Å². The summed E-state index contributed by atoms with van der Waals surface area (Å²) in [5.41, 5.74) is -4.02. The van der Waals surface area contributed by atoms with Gasteiger partial charge < -0.3 is 4.98 Å². The number of nitrogens with zero attached hydrogens (tertiary/aromatic N) is 1. The van der Waals surface area contributed by atoms with Crippen molar-refractivity contribution in [2.45, 2.75) is 13.1 Å². The first-order chi connectivity index (χ1) is 9.62. The summed E-state index contributed by atoms with van der Waals surface area (Å²) in [7, 11) is 0. The van der Waals surface area contributed by atoms with E-state index in [4.69, 9.17) is 0 Å². The summed E-state index contributed by atoms with van der Waals surface area (Å²) in [6, 6.07) is 2.88. The highest BCUT2D eigenvalue weighted by molar-refractivity contribution is 14.1. The Balaban J connectivity index is 2.76. The number of hydrogen-bond donors (Lipinski definition) is 1. The van der Waals surface area contributed by atoms with Crippen LogP contribution in [-0.4, -0.2) is 9.55 Å². The molecule has 0 amide bonds. The molecule has 0 atom stereocenters. The van der Waals surface area contributed by atoms with Gasteiger partial charge in [-0.3, -0.25) is 4.79 Å². The number of benzene rings is 1. The SMILES string of the molecule is Cc1c(-n2c(=O)cc(C(F)(F)F)[nH]c2=O)ccc(I)c1F. The average Bonchev–Trinajstić information content (AvgIpc) is 2.36. The first-order valence-corrected chi connectivity index (χ1v) is 6.59. The standard InChI is InChI=1S/C12H7F4IN2O2/c1-5-7(3-2-6(17)10(5)13)19-9(20)4-8(12(14,15)16)18-11(19)21/h2-4H,1H3,(H,18,21). The molecule has 0 saturated carbocycles. The van der Waals surface area contributed by atoms with E-state index in [9.17, 15) is 27.2 Å². The van der Waals surface area contributed by atoms with Crippen molar-refractivity contribution in [3.05, 3.63) is 59.7 Å². The minimum absolute atomic E-state index is 0.00532. The second-order valence-electron chi connectivity index (χ2n) is 4.17. The molecule has 0 aliphatic heterocycles. The molecule has 21 heavy (non-hydrogen) atoms. The highest BCUT2D eigenvalue weighted by Gasteiger charge is 2.33. The van der Waals surface area contributed by atoms with E-state index in [1.807, 2.05) is 0 Å². The molecule has 0 aliphatic carbocycles. The van der Waals surface area contributed by atoms with Gasteiger partial charge in [0.2, 0.25) is 0 Å². The van der Waals surface area contributed by atoms with E-state index in [0.29, 0.717) is 4.57 Å². The Morgan fingerprint density at radius 1 is 1.24 bits per heavy atom. The van der Waals surface area contributed by atoms with Gasteiger partial charge in [-0.25, -0.2) is 13.8 Å². The first-order valence-electron chi connectivity index (χ1n) is 5.51. The van der Waals surface area contributed by atoms with Gasteiger partial charge in [-0.1, -0.05) is 0 Å². The smallest absolute Gasteiger partial charge is 0.303 e. The summed E-state index contributed by atoms with van der Waals surface area (Å²) in [5.74, 6) is -0.640. The lowest BCUT2D eigenvalue weighted by Crippen LogP contribution is -2.36. The zero-order valence-corrected chi connectivity index (χ0v) is 12.5. The predicted octanol–water partition coefficient (Wildman–Crippen LogP) is 2.60. The largest absolute Gasteiger partial charge is 0.431 e. The van der Waals surface area contributed by atoms with Crippen LogP contribution in [0.25, 0.3) is 5.69 Å². The van der Waals surface area contributed by atoms with Crippen LogP contribution in [0, 0.1) is 16.3 Å². The van der Waals surface area contributed by atoms with Gasteiger partial charge in [-0.2, -0.15) is 13.2 Å². The summed E-state index contributed by atoms with van der Waals surface area (Å²) < 4.78 is 52.0. The van der Waals surface area contributed by atoms with Crippen LogP contribution in [0.1, 0.15) is 11.3 Å². The molecule has 0 fully saturated rings. The summed E-state index contributed by atoms with van der Waals surface area (Å²) in [5, 5.41) is 0. The molecule has 1 heterocycles. The fraction of sp³-hybridized carbons (Fsp3) is 0.167. The van der Waals surface area contributed by atoms with Gasteiger partial charge in [0.1, 0.15) is 11.5 Å². The van der Waals surface area contributed by atoms with E-state index in [1.54, 1.807) is 27.6 Å². The zero-order chi connectivity index (χ0) is 15.9. The Morgan fingerprint density at radius 2 is 1.86 bits per heavy atom. The monoisotopic (exact) mass is 414 g/mol. The number of H-pyrrole nitrogens is 1. The van der Waals surface area contributed by atoms with Gasteiger partial charge in [-0.05, 0) is 41.6 Å². The molecule has 4 nitrogen and oxygen atoms in total. The van der Waals surface area contributed by atoms with E-state index < -0.39 is 28.9 Å². The van der Waals surface area contributed by atoms with E-state index in [1.165, 1.54) is 19.1 Å². The number of rotatable bonds is 1. The van der Waals surface area contributed by atoms with E-state index >= 15 is 0 Å². The highest BCUT2D eigenvalue weighted by atomic mass is 127. The normalized spacial score (nSPS) is 11.7. The van der Waals surface area contributed by atoms with Crippen LogP contribution in [-0.2, 0) is 6.18 Å². The van der Waals surface area contributed by atoms with Crippen molar-refractivity contribution in [3.8, 4) is 5.69 Å². The summed E-state index contributed by atoms with van der Waals surface area (Å²) in [6.45, 7) is 1.33. The Labute approximate surface area is 128 Å². The summed E-state index contributed by atoms with van der Waals surface area (Å²) in [4.78, 5) is 25.1. The van der Waals surface area contributed by atoms with Gasteiger partial charge in [0.05, 0.1) is 5.69 Å². The molecule has 2 rings (SSSR count). The van der Waals surface area contributed by atoms with Crippen molar-refractivity contribution in [2.75, 3.05) is 0 Å². The molecule has 1 aromatic carbocycles. The van der Waals surface area contributed by atoms with E-state index in [2.05, 4.69) is 0 Å². The molecule has 0 bridgehead atoms. The molecular weight excluding hydrogens is 407 g/mol. The van der Waals surface area contributed by atoms with Crippen molar-refractivity contribution in [1.82, 2.24) is 9.55 Å². The van der Waals surface area contributed by atoms with Crippen LogP contribution < -0.4 is 11.2 Å². The molecular formula is C12H7F4IN2O2. The zero-order valence-electron chi connectivity index (χ0n) is 10.4. The molecule has 9 heteroatoms. The van der Waals surface area contributed by atoms with Crippen LogP contribution in [0.2, 0.25) is 0 Å². The Hall–Kier alpha value is -1.65. The highest BCUT2D eigenvalue weighted by Crippen LogP contribution is 2.26. The third-order valence-electron chi connectivity index (χ3n) is 2.79. The fourth-order valence-electron chi connectivity index (χ4n) is 1.76. The quantitative estimate of drug-likeness (QED) is 0.577. The summed E-state index contributed by atoms with van der Waals surface area (Å²) in [6.07, 6.45) is -4.84. The Morgan fingerprint density at radius 3 is 2.38 bits per heavy atom. The van der Waals surface area contributed by atoms with E-state index in [-0.39, 0.29) is 20.9 Å². The Bertz CT molecular complexity index is 792. The topological polar surface area (TPSA) is 54.9 Å². The minimum atomic E-state index is -4.84.